The normalized spacial score (nSPS) is 13.6. The maximum Gasteiger partial charge on any atom is 0.325 e. The zero-order valence-corrected chi connectivity index (χ0v) is 13.8. The molecule has 1 aromatic carbocycles. The fourth-order valence-corrected chi connectivity index (χ4v) is 2.16. The summed E-state index contributed by atoms with van der Waals surface area (Å²) in [6, 6.07) is 4.15. The molecule has 0 bridgehead atoms. The number of nitrogens with two attached hydrogens (primary N) is 1. The Morgan fingerprint density at radius 1 is 1.24 bits per heavy atom. The van der Waals surface area contributed by atoms with Crippen molar-refractivity contribution in [2.24, 2.45) is 5.73 Å². The van der Waals surface area contributed by atoms with Gasteiger partial charge in [-0.3, -0.25) is 4.79 Å². The molecule has 1 unspecified atom stereocenters. The van der Waals surface area contributed by atoms with Crippen LogP contribution in [-0.4, -0.2) is 24.7 Å². The summed E-state index contributed by atoms with van der Waals surface area (Å²) >= 11 is 0. The molecule has 0 saturated heterocycles. The molecule has 4 nitrogen and oxygen atoms in total. The molecule has 1 atom stereocenters. The van der Waals surface area contributed by atoms with E-state index < -0.39 is 5.54 Å². The maximum absolute atomic E-state index is 11.7. The van der Waals surface area contributed by atoms with Gasteiger partial charge in [0.2, 0.25) is 0 Å². The predicted octanol–water partition coefficient (Wildman–Crippen LogP) is 3.05. The van der Waals surface area contributed by atoms with Crippen molar-refractivity contribution < 1.29 is 14.3 Å². The molecular weight excluding hydrogens is 266 g/mol. The predicted molar refractivity (Wildman–Crippen MR) is 84.6 cm³/mol. The van der Waals surface area contributed by atoms with E-state index in [0.717, 1.165) is 16.9 Å². The van der Waals surface area contributed by atoms with E-state index in [0.29, 0.717) is 26.1 Å². The largest absolute Gasteiger partial charge is 0.493 e. The molecule has 0 spiro atoms. The number of carbonyl (C=O) groups excluding carboxylic acids is 1. The molecule has 21 heavy (non-hydrogen) atoms. The molecule has 0 radical (unpaired) electrons. The monoisotopic (exact) mass is 293 g/mol. The van der Waals surface area contributed by atoms with E-state index in [1.807, 2.05) is 6.92 Å². The second kappa shape index (κ2) is 7.46. The van der Waals surface area contributed by atoms with E-state index in [-0.39, 0.29) is 5.97 Å². The number of ether oxygens (including phenoxy) is 2. The lowest BCUT2D eigenvalue weighted by molar-refractivity contribution is -0.149. The number of benzene rings is 1. The van der Waals surface area contributed by atoms with Gasteiger partial charge in [-0.05, 0) is 64.2 Å². The van der Waals surface area contributed by atoms with Crippen LogP contribution in [0.5, 0.6) is 5.75 Å². The molecule has 4 heteroatoms. The van der Waals surface area contributed by atoms with E-state index in [1.54, 1.807) is 13.8 Å². The Morgan fingerprint density at radius 3 is 2.48 bits per heavy atom. The number of hydrogen-bond donors (Lipinski definition) is 1. The summed E-state index contributed by atoms with van der Waals surface area (Å²) in [6.07, 6.45) is 1.24. The highest BCUT2D eigenvalue weighted by Gasteiger charge is 2.29. The fourth-order valence-electron chi connectivity index (χ4n) is 2.16. The van der Waals surface area contributed by atoms with Crippen LogP contribution in [-0.2, 0) is 9.53 Å². The molecule has 0 saturated carbocycles. The van der Waals surface area contributed by atoms with Crippen molar-refractivity contribution in [2.75, 3.05) is 13.2 Å². The Kier molecular flexibility index (Phi) is 6.21. The van der Waals surface area contributed by atoms with Gasteiger partial charge in [-0.1, -0.05) is 12.1 Å². The van der Waals surface area contributed by atoms with Crippen LogP contribution < -0.4 is 10.5 Å². The van der Waals surface area contributed by atoms with Crippen LogP contribution >= 0.6 is 0 Å². The van der Waals surface area contributed by atoms with E-state index in [1.165, 1.54) is 5.56 Å². The van der Waals surface area contributed by atoms with Crippen LogP contribution in [0, 0.1) is 20.8 Å². The van der Waals surface area contributed by atoms with E-state index >= 15 is 0 Å². The number of rotatable bonds is 7. The SMILES string of the molecule is CCOC(=O)C(C)(N)CCCOc1c(C)ccc(C)c1C. The number of hydrogen-bond acceptors (Lipinski definition) is 4. The van der Waals surface area contributed by atoms with Crippen LogP contribution in [0.3, 0.4) is 0 Å². The Morgan fingerprint density at radius 2 is 1.86 bits per heavy atom. The van der Waals surface area contributed by atoms with E-state index in [4.69, 9.17) is 15.2 Å². The zero-order valence-electron chi connectivity index (χ0n) is 13.8. The minimum Gasteiger partial charge on any atom is -0.493 e. The van der Waals surface area contributed by atoms with Crippen LogP contribution in [0.25, 0.3) is 0 Å². The van der Waals surface area contributed by atoms with Crippen molar-refractivity contribution in [3.63, 3.8) is 0 Å². The first-order valence-electron chi connectivity index (χ1n) is 7.45. The number of aryl methyl sites for hydroxylation is 2. The Balaban J connectivity index is 2.52. The molecule has 2 N–H and O–H groups in total. The summed E-state index contributed by atoms with van der Waals surface area (Å²) in [5, 5.41) is 0. The average molecular weight is 293 g/mol. The lowest BCUT2D eigenvalue weighted by Crippen LogP contribution is -2.46. The van der Waals surface area contributed by atoms with Gasteiger partial charge < -0.3 is 15.2 Å². The second-order valence-corrected chi connectivity index (χ2v) is 5.74. The summed E-state index contributed by atoms with van der Waals surface area (Å²) in [5.74, 6) is 0.581. The molecule has 0 aliphatic heterocycles. The molecule has 1 aromatic rings. The minimum atomic E-state index is -0.948. The highest BCUT2D eigenvalue weighted by molar-refractivity contribution is 5.79. The first-order valence-corrected chi connectivity index (χ1v) is 7.45. The van der Waals surface area contributed by atoms with Gasteiger partial charge in [-0.2, -0.15) is 0 Å². The summed E-state index contributed by atoms with van der Waals surface area (Å²) in [4.78, 5) is 11.7. The van der Waals surface area contributed by atoms with Crippen molar-refractivity contribution in [1.29, 1.82) is 0 Å². The smallest absolute Gasteiger partial charge is 0.325 e. The Bertz CT molecular complexity index is 495. The quantitative estimate of drug-likeness (QED) is 0.620. The topological polar surface area (TPSA) is 61.5 Å². The van der Waals surface area contributed by atoms with Crippen molar-refractivity contribution in [3.05, 3.63) is 28.8 Å². The molecule has 0 heterocycles. The van der Waals surface area contributed by atoms with Gasteiger partial charge >= 0.3 is 5.97 Å². The maximum atomic E-state index is 11.7. The first-order chi connectivity index (χ1) is 9.79. The summed E-state index contributed by atoms with van der Waals surface area (Å²) in [7, 11) is 0. The van der Waals surface area contributed by atoms with Crippen LogP contribution in [0.15, 0.2) is 12.1 Å². The average Bonchev–Trinajstić information content (AvgIpc) is 2.42. The van der Waals surface area contributed by atoms with Crippen molar-refractivity contribution in [3.8, 4) is 5.75 Å². The van der Waals surface area contributed by atoms with Gasteiger partial charge in [0.25, 0.3) is 0 Å². The van der Waals surface area contributed by atoms with Crippen LogP contribution in [0.4, 0.5) is 0 Å². The Labute approximate surface area is 127 Å². The number of carbonyl (C=O) groups is 1. The van der Waals surface area contributed by atoms with Gasteiger partial charge in [0, 0.05) is 0 Å². The van der Waals surface area contributed by atoms with Gasteiger partial charge in [0.05, 0.1) is 13.2 Å². The third-order valence-corrected chi connectivity index (χ3v) is 3.70. The fraction of sp³-hybridized carbons (Fsp3) is 0.588. The van der Waals surface area contributed by atoms with Gasteiger partial charge in [0.1, 0.15) is 11.3 Å². The molecule has 0 aliphatic carbocycles. The second-order valence-electron chi connectivity index (χ2n) is 5.74. The van der Waals surface area contributed by atoms with E-state index in [2.05, 4.69) is 26.0 Å². The summed E-state index contributed by atoms with van der Waals surface area (Å²) in [6.45, 7) is 10.5. The molecule has 0 fully saturated rings. The van der Waals surface area contributed by atoms with Gasteiger partial charge in [-0.25, -0.2) is 0 Å². The minimum absolute atomic E-state index is 0.351. The summed E-state index contributed by atoms with van der Waals surface area (Å²) < 4.78 is 10.8. The molecule has 1 rings (SSSR count). The van der Waals surface area contributed by atoms with Gasteiger partial charge in [0.15, 0.2) is 0 Å². The highest BCUT2D eigenvalue weighted by atomic mass is 16.5. The van der Waals surface area contributed by atoms with Crippen molar-refractivity contribution in [1.82, 2.24) is 0 Å². The number of esters is 1. The molecule has 0 aromatic heterocycles. The molecular formula is C17H27NO3. The first kappa shape index (κ1) is 17.5. The van der Waals surface area contributed by atoms with E-state index in [9.17, 15) is 4.79 Å². The summed E-state index contributed by atoms with van der Waals surface area (Å²) in [5.41, 5.74) is 8.53. The lowest BCUT2D eigenvalue weighted by Gasteiger charge is -2.22. The zero-order chi connectivity index (χ0) is 16.0. The lowest BCUT2D eigenvalue weighted by atomic mass is 9.97. The third kappa shape index (κ3) is 4.74. The molecule has 0 aliphatic rings. The highest BCUT2D eigenvalue weighted by Crippen LogP contribution is 2.26. The molecule has 0 amide bonds. The van der Waals surface area contributed by atoms with Crippen molar-refractivity contribution >= 4 is 5.97 Å². The van der Waals surface area contributed by atoms with Crippen LogP contribution in [0.2, 0.25) is 0 Å². The third-order valence-electron chi connectivity index (χ3n) is 3.70. The van der Waals surface area contributed by atoms with Gasteiger partial charge in [-0.15, -0.1) is 0 Å². The molecule has 118 valence electrons. The van der Waals surface area contributed by atoms with Crippen molar-refractivity contribution in [2.45, 2.75) is 53.0 Å². The van der Waals surface area contributed by atoms with Crippen LogP contribution in [0.1, 0.15) is 43.4 Å². The Hall–Kier alpha value is -1.55. The standard InChI is InChI=1S/C17H27NO3/c1-6-20-16(19)17(5,18)10-7-11-21-15-13(3)9-8-12(2)14(15)4/h8-9H,6-7,10-11,18H2,1-5H3.